The standard InChI is InChI=1S/C25H19NO7/c1-15-11-20(32-14-17-3-7-18(8-4-17)25(28)31-2)13-21-23(15)24(27)22(33-21)12-16-5-9-19(10-6-16)26(29)30/h3-13H,14H2,1-2H3/b22-12-. The number of ketones is 1. The van der Waals surface area contributed by atoms with Crippen LogP contribution >= 0.6 is 0 Å². The molecule has 0 aliphatic carbocycles. The van der Waals surface area contributed by atoms with Crippen LogP contribution in [0.1, 0.15) is 37.4 Å². The van der Waals surface area contributed by atoms with Crippen molar-refractivity contribution in [1.29, 1.82) is 0 Å². The first-order valence-corrected chi connectivity index (χ1v) is 9.99. The van der Waals surface area contributed by atoms with Crippen LogP contribution in [0.5, 0.6) is 11.5 Å². The molecular formula is C25H19NO7. The van der Waals surface area contributed by atoms with Crippen molar-refractivity contribution < 1.29 is 28.7 Å². The number of carbonyl (C=O) groups excluding carboxylic acids is 2. The highest BCUT2D eigenvalue weighted by molar-refractivity contribution is 6.15. The third-order valence-electron chi connectivity index (χ3n) is 5.13. The van der Waals surface area contributed by atoms with E-state index in [1.165, 1.54) is 19.2 Å². The summed E-state index contributed by atoms with van der Waals surface area (Å²) in [6.07, 6.45) is 1.55. The average Bonchev–Trinajstić information content (AvgIpc) is 3.13. The second kappa shape index (κ2) is 8.96. The summed E-state index contributed by atoms with van der Waals surface area (Å²) < 4.78 is 16.3. The molecule has 3 aromatic rings. The number of nitro groups is 1. The molecule has 166 valence electrons. The number of nitro benzene ring substituents is 1. The lowest BCUT2D eigenvalue weighted by molar-refractivity contribution is -0.384. The summed E-state index contributed by atoms with van der Waals surface area (Å²) in [5, 5.41) is 10.8. The number of hydrogen-bond acceptors (Lipinski definition) is 7. The number of methoxy groups -OCH3 is 1. The fourth-order valence-electron chi connectivity index (χ4n) is 3.43. The zero-order chi connectivity index (χ0) is 23.5. The highest BCUT2D eigenvalue weighted by atomic mass is 16.6. The van der Waals surface area contributed by atoms with Gasteiger partial charge in [0.15, 0.2) is 5.76 Å². The molecule has 0 atom stereocenters. The highest BCUT2D eigenvalue weighted by Crippen LogP contribution is 2.37. The van der Waals surface area contributed by atoms with E-state index < -0.39 is 10.9 Å². The summed E-state index contributed by atoms with van der Waals surface area (Å²) in [5.41, 5.74) is 3.06. The topological polar surface area (TPSA) is 105 Å². The van der Waals surface area contributed by atoms with Gasteiger partial charge in [-0.1, -0.05) is 12.1 Å². The predicted octanol–water partition coefficient (Wildman–Crippen LogP) is 4.89. The maximum atomic E-state index is 12.8. The maximum absolute atomic E-state index is 12.8. The molecule has 0 aromatic heterocycles. The largest absolute Gasteiger partial charge is 0.489 e. The third kappa shape index (κ3) is 4.59. The molecule has 0 radical (unpaired) electrons. The Balaban J connectivity index is 1.49. The molecule has 1 aliphatic rings. The number of Topliss-reactive ketones (excluding diaryl/α,β-unsaturated/α-hetero) is 1. The molecule has 0 unspecified atom stereocenters. The highest BCUT2D eigenvalue weighted by Gasteiger charge is 2.30. The summed E-state index contributed by atoms with van der Waals surface area (Å²) in [7, 11) is 1.33. The summed E-state index contributed by atoms with van der Waals surface area (Å²) in [6.45, 7) is 2.06. The fourth-order valence-corrected chi connectivity index (χ4v) is 3.43. The lowest BCUT2D eigenvalue weighted by Gasteiger charge is -2.09. The number of benzene rings is 3. The molecule has 4 rings (SSSR count). The molecule has 33 heavy (non-hydrogen) atoms. The lowest BCUT2D eigenvalue weighted by atomic mass is 10.0. The number of fused-ring (bicyclic) bond motifs is 1. The van der Waals surface area contributed by atoms with Crippen LogP contribution in [0.4, 0.5) is 5.69 Å². The van der Waals surface area contributed by atoms with E-state index >= 15 is 0 Å². The number of rotatable bonds is 6. The van der Waals surface area contributed by atoms with Crippen molar-refractivity contribution in [1.82, 2.24) is 0 Å². The second-order valence-electron chi connectivity index (χ2n) is 7.38. The van der Waals surface area contributed by atoms with Gasteiger partial charge in [0.25, 0.3) is 5.69 Å². The SMILES string of the molecule is COC(=O)c1ccc(COc2cc(C)c3c(c2)O/C(=C\c2ccc([N+](=O)[O-])cc2)C3=O)cc1. The van der Waals surface area contributed by atoms with E-state index in [-0.39, 0.29) is 23.8 Å². The molecule has 1 aliphatic heterocycles. The molecule has 0 saturated carbocycles. The molecule has 1 heterocycles. The fraction of sp³-hybridized carbons (Fsp3) is 0.120. The molecule has 0 spiro atoms. The van der Waals surface area contributed by atoms with E-state index in [0.717, 1.165) is 5.56 Å². The van der Waals surface area contributed by atoms with Crippen molar-refractivity contribution in [3.63, 3.8) is 0 Å². The number of aryl methyl sites for hydroxylation is 1. The van der Waals surface area contributed by atoms with Gasteiger partial charge in [0.05, 0.1) is 23.2 Å². The van der Waals surface area contributed by atoms with Crippen LogP contribution in [0.2, 0.25) is 0 Å². The van der Waals surface area contributed by atoms with Gasteiger partial charge in [-0.05, 0) is 60.0 Å². The van der Waals surface area contributed by atoms with Crippen LogP contribution in [0.25, 0.3) is 6.08 Å². The number of esters is 1. The molecular weight excluding hydrogens is 426 g/mol. The first kappa shape index (κ1) is 21.8. The summed E-state index contributed by atoms with van der Waals surface area (Å²) in [5.74, 6) is 0.399. The molecule has 0 bridgehead atoms. The summed E-state index contributed by atoms with van der Waals surface area (Å²) in [4.78, 5) is 34.7. The molecule has 8 heteroatoms. The smallest absolute Gasteiger partial charge is 0.337 e. The Bertz CT molecular complexity index is 1280. The van der Waals surface area contributed by atoms with E-state index in [0.29, 0.717) is 33.8 Å². The van der Waals surface area contributed by atoms with Crippen molar-refractivity contribution in [2.45, 2.75) is 13.5 Å². The van der Waals surface area contributed by atoms with Crippen LogP contribution in [0.15, 0.2) is 66.4 Å². The molecule has 8 nitrogen and oxygen atoms in total. The van der Waals surface area contributed by atoms with E-state index in [1.807, 2.05) is 0 Å². The van der Waals surface area contributed by atoms with Crippen molar-refractivity contribution in [2.75, 3.05) is 7.11 Å². The van der Waals surface area contributed by atoms with Gasteiger partial charge < -0.3 is 14.2 Å². The Morgan fingerprint density at radius 2 is 1.79 bits per heavy atom. The van der Waals surface area contributed by atoms with Crippen LogP contribution in [0.3, 0.4) is 0 Å². The van der Waals surface area contributed by atoms with E-state index in [9.17, 15) is 19.7 Å². The van der Waals surface area contributed by atoms with Gasteiger partial charge in [0, 0.05) is 18.2 Å². The monoisotopic (exact) mass is 445 g/mol. The van der Waals surface area contributed by atoms with Gasteiger partial charge in [0.1, 0.15) is 18.1 Å². The minimum absolute atomic E-state index is 0.0309. The third-order valence-corrected chi connectivity index (χ3v) is 5.13. The number of hydrogen-bond donors (Lipinski definition) is 0. The van der Waals surface area contributed by atoms with E-state index in [2.05, 4.69) is 4.74 Å². The molecule has 0 fully saturated rings. The van der Waals surface area contributed by atoms with E-state index in [1.54, 1.807) is 61.5 Å². The Morgan fingerprint density at radius 3 is 2.42 bits per heavy atom. The number of allylic oxidation sites excluding steroid dienone is 1. The van der Waals surface area contributed by atoms with Gasteiger partial charge in [-0.15, -0.1) is 0 Å². The van der Waals surface area contributed by atoms with Crippen molar-refractivity contribution in [2.24, 2.45) is 0 Å². The normalized spacial score (nSPS) is 13.4. The van der Waals surface area contributed by atoms with Gasteiger partial charge in [-0.3, -0.25) is 14.9 Å². The van der Waals surface area contributed by atoms with Crippen LogP contribution in [-0.4, -0.2) is 23.8 Å². The minimum atomic E-state index is -0.484. The number of nitrogens with zero attached hydrogens (tertiary/aromatic N) is 1. The van der Waals surface area contributed by atoms with Crippen molar-refractivity contribution in [3.05, 3.63) is 104 Å². The quantitative estimate of drug-likeness (QED) is 0.230. The Hall–Kier alpha value is -4.46. The summed E-state index contributed by atoms with van der Waals surface area (Å²) in [6, 6.07) is 16.1. The van der Waals surface area contributed by atoms with Crippen LogP contribution < -0.4 is 9.47 Å². The first-order valence-electron chi connectivity index (χ1n) is 9.99. The minimum Gasteiger partial charge on any atom is -0.489 e. The molecule has 0 N–H and O–H groups in total. The van der Waals surface area contributed by atoms with Crippen molar-refractivity contribution in [3.8, 4) is 11.5 Å². The van der Waals surface area contributed by atoms with Gasteiger partial charge >= 0.3 is 5.97 Å². The molecule has 0 saturated heterocycles. The van der Waals surface area contributed by atoms with Crippen molar-refractivity contribution >= 4 is 23.5 Å². The Labute approximate surface area is 189 Å². The van der Waals surface area contributed by atoms with Crippen LogP contribution in [0, 0.1) is 17.0 Å². The number of non-ortho nitro benzene ring substituents is 1. The maximum Gasteiger partial charge on any atom is 0.337 e. The van der Waals surface area contributed by atoms with Crippen LogP contribution in [-0.2, 0) is 11.3 Å². The van der Waals surface area contributed by atoms with E-state index in [4.69, 9.17) is 9.47 Å². The Morgan fingerprint density at radius 1 is 1.09 bits per heavy atom. The average molecular weight is 445 g/mol. The second-order valence-corrected chi connectivity index (χ2v) is 7.38. The summed E-state index contributed by atoms with van der Waals surface area (Å²) >= 11 is 0. The number of ether oxygens (including phenoxy) is 3. The predicted molar refractivity (Wildman–Crippen MR) is 119 cm³/mol. The number of carbonyl (C=O) groups is 2. The van der Waals surface area contributed by atoms with Gasteiger partial charge in [-0.25, -0.2) is 4.79 Å². The lowest BCUT2D eigenvalue weighted by Crippen LogP contribution is -2.02. The molecule has 3 aromatic carbocycles. The first-order chi connectivity index (χ1) is 15.9. The Kier molecular flexibility index (Phi) is 5.91. The zero-order valence-corrected chi connectivity index (χ0v) is 17.9. The zero-order valence-electron chi connectivity index (χ0n) is 17.9. The van der Waals surface area contributed by atoms with Gasteiger partial charge in [-0.2, -0.15) is 0 Å². The molecule has 0 amide bonds. The van der Waals surface area contributed by atoms with Gasteiger partial charge in [0.2, 0.25) is 5.78 Å².